The molecule has 1 amide bonds. The van der Waals surface area contributed by atoms with E-state index in [-0.39, 0.29) is 31.4 Å². The summed E-state index contributed by atoms with van der Waals surface area (Å²) >= 11 is 0. The molecule has 1 aromatic heterocycles. The molecule has 0 bridgehead atoms. The summed E-state index contributed by atoms with van der Waals surface area (Å²) in [7, 11) is 0. The number of esters is 1. The molecule has 0 N–H and O–H groups in total. The van der Waals surface area contributed by atoms with Crippen molar-refractivity contribution in [2.24, 2.45) is 0 Å². The molecule has 4 rings (SSSR count). The second kappa shape index (κ2) is 11.3. The van der Waals surface area contributed by atoms with Crippen LogP contribution in [0.15, 0.2) is 54.9 Å². The summed E-state index contributed by atoms with van der Waals surface area (Å²) in [5, 5.41) is 11.0. The smallest absolute Gasteiger partial charge is 0.338 e. The molecule has 1 saturated heterocycles. The number of ether oxygens (including phenoxy) is 1. The van der Waals surface area contributed by atoms with Crippen LogP contribution in [0.3, 0.4) is 0 Å². The van der Waals surface area contributed by atoms with Gasteiger partial charge in [-0.15, -0.1) is 5.10 Å². The number of allylic oxidation sites excluding steroid dienone is 4. The van der Waals surface area contributed by atoms with Crippen molar-refractivity contribution in [1.82, 2.24) is 30.0 Å². The van der Waals surface area contributed by atoms with Gasteiger partial charge in [-0.2, -0.15) is 0 Å². The monoisotopic (exact) mass is 498 g/mol. The zero-order chi connectivity index (χ0) is 25.7. The molecule has 190 valence electrons. The van der Waals surface area contributed by atoms with Crippen molar-refractivity contribution in [1.29, 1.82) is 0 Å². The van der Waals surface area contributed by atoms with Crippen molar-refractivity contribution in [2.45, 2.75) is 38.8 Å². The van der Waals surface area contributed by atoms with Crippen LogP contribution in [-0.2, 0) is 22.6 Å². The molecule has 11 heteroatoms. The maximum atomic E-state index is 13.9. The fraction of sp³-hybridized carbons (Fsp3) is 0.400. The van der Waals surface area contributed by atoms with Gasteiger partial charge in [0.05, 0.1) is 18.0 Å². The summed E-state index contributed by atoms with van der Waals surface area (Å²) < 4.78 is 34.4. The molecular formula is C25H28F2N6O3. The first kappa shape index (κ1) is 25.4. The minimum absolute atomic E-state index is 0.0348. The van der Waals surface area contributed by atoms with Gasteiger partial charge in [-0.25, -0.2) is 18.3 Å². The van der Waals surface area contributed by atoms with Gasteiger partial charge >= 0.3 is 5.97 Å². The molecular weight excluding hydrogens is 470 g/mol. The van der Waals surface area contributed by atoms with Gasteiger partial charge in [-0.1, -0.05) is 30.9 Å². The molecule has 2 aromatic rings. The summed E-state index contributed by atoms with van der Waals surface area (Å²) in [6.45, 7) is 6.96. The fourth-order valence-corrected chi connectivity index (χ4v) is 4.32. The number of tetrazole rings is 1. The second-order valence-corrected chi connectivity index (χ2v) is 8.78. The average molecular weight is 499 g/mol. The number of carbonyl (C=O) groups is 2. The van der Waals surface area contributed by atoms with Crippen molar-refractivity contribution < 1.29 is 23.1 Å². The molecule has 0 radical (unpaired) electrons. The first-order chi connectivity index (χ1) is 17.4. The molecule has 0 saturated carbocycles. The summed E-state index contributed by atoms with van der Waals surface area (Å²) in [4.78, 5) is 27.8. The van der Waals surface area contributed by atoms with E-state index < -0.39 is 12.5 Å². The lowest BCUT2D eigenvalue weighted by atomic mass is 10.0. The molecule has 36 heavy (non-hydrogen) atoms. The number of hydrogen-bond donors (Lipinski definition) is 0. The first-order valence-electron chi connectivity index (χ1n) is 11.7. The van der Waals surface area contributed by atoms with E-state index in [1.165, 1.54) is 15.9 Å². The highest BCUT2D eigenvalue weighted by Crippen LogP contribution is 2.23. The van der Waals surface area contributed by atoms with Crippen LogP contribution in [0.1, 0.15) is 34.8 Å². The van der Waals surface area contributed by atoms with E-state index in [2.05, 4.69) is 22.1 Å². The standard InChI is InChI=1S/C25H28F2N6O3/c1-3-18(5-4-17(2)33-16-28-29-30-33)13-23(34)32-11-10-31(22(14-32)24(26)27)9-8-19-6-7-21-20(12-19)15-36-25(21)35/h3-7,12,16,22,24H,1,8-11,13-15H2,2H3. The largest absolute Gasteiger partial charge is 0.457 e. The molecule has 1 unspecified atom stereocenters. The average Bonchev–Trinajstić information content (AvgIpc) is 3.55. The Morgan fingerprint density at radius 3 is 2.86 bits per heavy atom. The molecule has 9 nitrogen and oxygen atoms in total. The molecule has 1 atom stereocenters. The van der Waals surface area contributed by atoms with E-state index in [9.17, 15) is 18.4 Å². The Kier molecular flexibility index (Phi) is 7.99. The van der Waals surface area contributed by atoms with Crippen molar-refractivity contribution in [3.05, 3.63) is 71.6 Å². The normalized spacial score (nSPS) is 18.9. The Hall–Kier alpha value is -3.73. The Morgan fingerprint density at radius 1 is 1.31 bits per heavy atom. The van der Waals surface area contributed by atoms with Crippen LogP contribution >= 0.6 is 0 Å². The van der Waals surface area contributed by atoms with Crippen LogP contribution in [0.5, 0.6) is 0 Å². The Bertz CT molecular complexity index is 1180. The fourth-order valence-electron chi connectivity index (χ4n) is 4.32. The number of amides is 1. The number of halogens is 2. The van der Waals surface area contributed by atoms with E-state index in [4.69, 9.17) is 4.74 Å². The van der Waals surface area contributed by atoms with E-state index in [1.807, 2.05) is 19.1 Å². The Morgan fingerprint density at radius 2 is 2.14 bits per heavy atom. The van der Waals surface area contributed by atoms with E-state index >= 15 is 0 Å². The topological polar surface area (TPSA) is 93.5 Å². The van der Waals surface area contributed by atoms with Gasteiger partial charge in [0.2, 0.25) is 5.91 Å². The molecule has 1 aromatic carbocycles. The van der Waals surface area contributed by atoms with Gasteiger partial charge in [0.1, 0.15) is 12.9 Å². The maximum absolute atomic E-state index is 13.9. The van der Waals surface area contributed by atoms with Gasteiger partial charge in [0.15, 0.2) is 0 Å². The minimum Gasteiger partial charge on any atom is -0.457 e. The third kappa shape index (κ3) is 5.91. The lowest BCUT2D eigenvalue weighted by Gasteiger charge is -2.41. The second-order valence-electron chi connectivity index (χ2n) is 8.78. The molecule has 2 aliphatic heterocycles. The van der Waals surface area contributed by atoms with Crippen molar-refractivity contribution >= 4 is 17.6 Å². The van der Waals surface area contributed by atoms with Gasteiger partial charge in [-0.05, 0) is 47.1 Å². The lowest BCUT2D eigenvalue weighted by Crippen LogP contribution is -2.57. The quantitative estimate of drug-likeness (QED) is 0.388. The predicted molar refractivity (Wildman–Crippen MR) is 128 cm³/mol. The Labute approximate surface area is 207 Å². The van der Waals surface area contributed by atoms with Crippen LogP contribution in [0.2, 0.25) is 0 Å². The summed E-state index contributed by atoms with van der Waals surface area (Å²) in [5.74, 6) is -0.550. The number of cyclic esters (lactones) is 1. The van der Waals surface area contributed by atoms with E-state index in [0.717, 1.165) is 16.8 Å². The van der Waals surface area contributed by atoms with Crippen LogP contribution in [-0.4, -0.2) is 80.5 Å². The number of benzene rings is 1. The zero-order valence-electron chi connectivity index (χ0n) is 20.0. The van der Waals surface area contributed by atoms with Crippen LogP contribution in [0, 0.1) is 0 Å². The SMILES string of the molecule is C=CC(=CC=C(C)n1cnnn1)CC(=O)N1CCN(CCc2ccc3c(c2)COC3=O)C(C(F)F)C1. The highest BCUT2D eigenvalue weighted by molar-refractivity contribution is 5.93. The number of piperazine rings is 1. The maximum Gasteiger partial charge on any atom is 0.338 e. The molecule has 0 spiro atoms. The van der Waals surface area contributed by atoms with Gasteiger partial charge in [0, 0.05) is 37.4 Å². The highest BCUT2D eigenvalue weighted by Gasteiger charge is 2.35. The van der Waals surface area contributed by atoms with Gasteiger partial charge < -0.3 is 9.64 Å². The third-order valence-corrected chi connectivity index (χ3v) is 6.48. The Balaban J connectivity index is 1.34. The van der Waals surface area contributed by atoms with Gasteiger partial charge in [-0.3, -0.25) is 9.69 Å². The summed E-state index contributed by atoms with van der Waals surface area (Å²) in [6.07, 6.45) is 4.60. The zero-order valence-corrected chi connectivity index (χ0v) is 20.0. The van der Waals surface area contributed by atoms with Crippen molar-refractivity contribution in [2.75, 3.05) is 26.2 Å². The third-order valence-electron chi connectivity index (χ3n) is 6.48. The molecule has 3 heterocycles. The predicted octanol–water partition coefficient (Wildman–Crippen LogP) is 2.73. The highest BCUT2D eigenvalue weighted by atomic mass is 19.3. The molecule has 2 aliphatic rings. The number of fused-ring (bicyclic) bond motifs is 1. The van der Waals surface area contributed by atoms with E-state index in [0.29, 0.717) is 37.2 Å². The van der Waals surface area contributed by atoms with Crippen molar-refractivity contribution in [3.63, 3.8) is 0 Å². The number of aromatic nitrogens is 4. The summed E-state index contributed by atoms with van der Waals surface area (Å²) in [5.41, 5.74) is 3.77. The number of carbonyl (C=O) groups excluding carboxylic acids is 2. The van der Waals surface area contributed by atoms with Crippen LogP contribution in [0.25, 0.3) is 5.70 Å². The summed E-state index contributed by atoms with van der Waals surface area (Å²) in [6, 6.07) is 4.42. The number of rotatable bonds is 9. The molecule has 1 fully saturated rings. The van der Waals surface area contributed by atoms with Crippen molar-refractivity contribution in [3.8, 4) is 0 Å². The van der Waals surface area contributed by atoms with E-state index in [1.54, 1.807) is 29.2 Å². The van der Waals surface area contributed by atoms with Crippen LogP contribution < -0.4 is 0 Å². The number of alkyl halides is 2. The lowest BCUT2D eigenvalue weighted by molar-refractivity contribution is -0.135. The first-order valence-corrected chi connectivity index (χ1v) is 11.7. The number of hydrogen-bond acceptors (Lipinski definition) is 7. The molecule has 0 aliphatic carbocycles. The number of nitrogens with zero attached hydrogens (tertiary/aromatic N) is 6. The minimum atomic E-state index is -2.58. The van der Waals surface area contributed by atoms with Gasteiger partial charge in [0.25, 0.3) is 6.43 Å². The van der Waals surface area contributed by atoms with Crippen LogP contribution in [0.4, 0.5) is 8.78 Å².